The van der Waals surface area contributed by atoms with E-state index in [1.54, 1.807) is 0 Å². The van der Waals surface area contributed by atoms with Crippen LogP contribution in [0.3, 0.4) is 0 Å². The minimum Gasteiger partial charge on any atom is -0.394 e. The van der Waals surface area contributed by atoms with Gasteiger partial charge in [0.05, 0.1) is 31.3 Å². The number of aliphatic hydroxyl groups excluding tert-OH is 8. The Hall–Kier alpha value is -3.70. The lowest BCUT2D eigenvalue weighted by Gasteiger charge is -2.48. The van der Waals surface area contributed by atoms with Crippen molar-refractivity contribution in [2.75, 3.05) is 23.9 Å². The molecule has 306 valence electrons. The summed E-state index contributed by atoms with van der Waals surface area (Å²) in [7, 11) is -4.57. The minimum atomic E-state index is -4.57. The number of nitrogens with zero attached hydrogens (tertiary/aromatic N) is 1. The second-order valence-corrected chi connectivity index (χ2v) is 15.5. The summed E-state index contributed by atoms with van der Waals surface area (Å²) in [5, 5.41) is 82.3. The van der Waals surface area contributed by atoms with Gasteiger partial charge < -0.3 is 64.1 Å². The van der Waals surface area contributed by atoms with Crippen molar-refractivity contribution in [2.24, 2.45) is 5.92 Å². The van der Waals surface area contributed by atoms with Crippen LogP contribution in [0, 0.1) is 17.6 Å². The number of amides is 1. The van der Waals surface area contributed by atoms with Crippen LogP contribution in [0.5, 0.6) is 5.75 Å². The summed E-state index contributed by atoms with van der Waals surface area (Å²) in [6.07, 6.45) is -17.8. The van der Waals surface area contributed by atoms with Crippen LogP contribution in [0.25, 0.3) is 0 Å². The number of carbonyl (C=O) groups is 1. The highest BCUT2D eigenvalue weighted by Gasteiger charge is 2.52. The molecule has 1 amide bonds. The Morgan fingerprint density at radius 1 is 0.732 bits per heavy atom. The zero-order valence-electron chi connectivity index (χ0n) is 29.5. The summed E-state index contributed by atoms with van der Waals surface area (Å²) in [5.74, 6) is -3.06. The first kappa shape index (κ1) is 41.9. The van der Waals surface area contributed by atoms with Gasteiger partial charge in [-0.05, 0) is 72.5 Å². The Labute approximate surface area is 319 Å². The van der Waals surface area contributed by atoms with Crippen LogP contribution in [0.2, 0.25) is 0 Å². The molecular weight excluding hydrogens is 768 g/mol. The van der Waals surface area contributed by atoms with Crippen LogP contribution in [0.4, 0.5) is 14.5 Å². The van der Waals surface area contributed by atoms with Gasteiger partial charge in [-0.25, -0.2) is 8.78 Å². The van der Waals surface area contributed by atoms with E-state index in [4.69, 9.17) is 18.4 Å². The van der Waals surface area contributed by atoms with E-state index in [-0.39, 0.29) is 24.5 Å². The zero-order chi connectivity index (χ0) is 40.5. The highest BCUT2D eigenvalue weighted by molar-refractivity contribution is 7.87. The van der Waals surface area contributed by atoms with Gasteiger partial charge in [-0.1, -0.05) is 24.3 Å². The first-order chi connectivity index (χ1) is 26.6. The van der Waals surface area contributed by atoms with Crippen LogP contribution in [-0.2, 0) is 29.1 Å². The van der Waals surface area contributed by atoms with E-state index < -0.39 is 120 Å². The van der Waals surface area contributed by atoms with Crippen LogP contribution >= 0.6 is 0 Å². The summed E-state index contributed by atoms with van der Waals surface area (Å²) < 4.78 is 75.1. The molecule has 3 aliphatic rings. The monoisotopic (exact) mass is 811 g/mol. The van der Waals surface area contributed by atoms with Crippen molar-refractivity contribution in [1.29, 1.82) is 0 Å². The number of β-lactam (4-membered cyclic amide) rings is 1. The van der Waals surface area contributed by atoms with E-state index in [2.05, 4.69) is 0 Å². The van der Waals surface area contributed by atoms with E-state index >= 15 is 0 Å². The van der Waals surface area contributed by atoms with Crippen molar-refractivity contribution >= 4 is 21.7 Å². The number of ether oxygens (including phenoxy) is 3. The number of carbonyl (C=O) groups excluding carboxylic acids is 1. The molecule has 0 radical (unpaired) electrons. The lowest BCUT2D eigenvalue weighted by atomic mass is 9.78. The van der Waals surface area contributed by atoms with Crippen molar-refractivity contribution < 1.29 is 81.2 Å². The number of anilines is 1. The largest absolute Gasteiger partial charge is 0.394 e. The highest BCUT2D eigenvalue weighted by atomic mass is 32.2. The van der Waals surface area contributed by atoms with Crippen LogP contribution in [0.1, 0.15) is 36.1 Å². The molecule has 0 bridgehead atoms. The maximum atomic E-state index is 13.7. The predicted molar refractivity (Wildman–Crippen MR) is 188 cm³/mol. The molecule has 6 rings (SSSR count). The molecule has 3 saturated heterocycles. The maximum Gasteiger partial charge on any atom is 0.311 e. The van der Waals surface area contributed by atoms with Gasteiger partial charge in [0.2, 0.25) is 5.91 Å². The first-order valence-corrected chi connectivity index (χ1v) is 19.3. The molecule has 3 heterocycles. The SMILES string of the molecule is O=C1[C@H](CC[C@H](O)c2ccc(F)cc2)[C@@H](c2ccc(OS(=O)(=O)C[C@@H]3O[C@H](CO)[C@@H](O[C@@H]4O[C@H](CO)[C@@H](O)[C@H](O)[C@H]4O)[C@H](O)[C@H]3O)cc2)N1c1ccc(F)cc1. The van der Waals surface area contributed by atoms with Crippen molar-refractivity contribution in [3.8, 4) is 5.75 Å². The number of hydrogen-bond acceptors (Lipinski definition) is 15. The fourth-order valence-corrected chi connectivity index (χ4v) is 8.35. The summed E-state index contributed by atoms with van der Waals surface area (Å²) in [5.41, 5.74) is 1.45. The number of benzene rings is 3. The van der Waals surface area contributed by atoms with Crippen molar-refractivity contribution in [3.05, 3.63) is 95.6 Å². The van der Waals surface area contributed by atoms with E-state index in [9.17, 15) is 62.8 Å². The van der Waals surface area contributed by atoms with Gasteiger partial charge in [-0.2, -0.15) is 8.42 Å². The Bertz CT molecular complexity index is 1890. The Kier molecular flexibility index (Phi) is 13.0. The Morgan fingerprint density at radius 3 is 1.93 bits per heavy atom. The van der Waals surface area contributed by atoms with Gasteiger partial charge in [0.15, 0.2) is 6.29 Å². The first-order valence-electron chi connectivity index (χ1n) is 17.7. The van der Waals surface area contributed by atoms with Gasteiger partial charge in [0.25, 0.3) is 0 Å². The third-order valence-corrected chi connectivity index (χ3v) is 11.4. The number of hydrogen-bond donors (Lipinski definition) is 8. The Balaban J connectivity index is 1.12. The van der Waals surface area contributed by atoms with Crippen molar-refractivity contribution in [3.63, 3.8) is 0 Å². The quantitative estimate of drug-likeness (QED) is 0.0759. The van der Waals surface area contributed by atoms with Gasteiger partial charge in [0, 0.05) is 5.69 Å². The lowest BCUT2D eigenvalue weighted by molar-refractivity contribution is -0.341. The predicted octanol–water partition coefficient (Wildman–Crippen LogP) is -0.442. The number of halogens is 2. The van der Waals surface area contributed by atoms with Crippen molar-refractivity contribution in [2.45, 2.75) is 86.2 Å². The molecule has 0 saturated carbocycles. The van der Waals surface area contributed by atoms with Gasteiger partial charge in [-0.3, -0.25) is 4.79 Å². The van der Waals surface area contributed by atoms with Crippen LogP contribution < -0.4 is 9.08 Å². The fraction of sp³-hybridized carbons (Fsp3) is 0.486. The van der Waals surface area contributed by atoms with E-state index in [1.165, 1.54) is 77.7 Å². The van der Waals surface area contributed by atoms with Gasteiger partial charge in [0.1, 0.15) is 78.1 Å². The van der Waals surface area contributed by atoms with Crippen molar-refractivity contribution in [1.82, 2.24) is 0 Å². The van der Waals surface area contributed by atoms with Crippen LogP contribution in [-0.4, -0.2) is 135 Å². The molecule has 0 unspecified atom stereocenters. The topological polar surface area (TPSA) is 253 Å². The fourth-order valence-electron chi connectivity index (χ4n) is 7.20. The van der Waals surface area contributed by atoms with E-state index in [1.807, 2.05) is 0 Å². The molecule has 13 atom stereocenters. The molecule has 3 aliphatic heterocycles. The Morgan fingerprint density at radius 2 is 1.32 bits per heavy atom. The average Bonchev–Trinajstić information content (AvgIpc) is 3.17. The second kappa shape index (κ2) is 17.4. The van der Waals surface area contributed by atoms with E-state index in [0.29, 0.717) is 16.8 Å². The molecule has 3 fully saturated rings. The lowest BCUT2D eigenvalue weighted by Crippen LogP contribution is -2.65. The molecular formula is C37H43F2NO15S. The molecule has 16 nitrogen and oxygen atoms in total. The third-order valence-electron chi connectivity index (χ3n) is 10.2. The molecule has 0 spiro atoms. The number of rotatable bonds is 14. The molecule has 3 aromatic rings. The molecule has 56 heavy (non-hydrogen) atoms. The maximum absolute atomic E-state index is 13.7. The smallest absolute Gasteiger partial charge is 0.311 e. The van der Waals surface area contributed by atoms with Crippen LogP contribution in [0.15, 0.2) is 72.8 Å². The zero-order valence-corrected chi connectivity index (χ0v) is 30.3. The highest BCUT2D eigenvalue weighted by Crippen LogP contribution is 2.46. The third kappa shape index (κ3) is 8.89. The molecule has 19 heteroatoms. The molecule has 3 aromatic carbocycles. The second-order valence-electron chi connectivity index (χ2n) is 13.9. The standard InChI is InChI=1S/C37H43F2NO15S/c38-20-5-1-18(2-6-20)25(43)14-13-24-29(40(36(24)49)22-9-7-21(39)8-10-22)19-3-11-23(12-4-19)55-56(50,51)17-28-31(45)33(47)35(27(16-42)52-28)54-37-34(48)32(46)30(44)26(15-41)53-37/h1-12,24-35,37,41-48H,13-17H2/t24-,25+,26-,27-,28+,29-,30-,31+,32+,33-,34-,35-,37+/m1/s1. The van der Waals surface area contributed by atoms with Gasteiger partial charge >= 0.3 is 10.1 Å². The average molecular weight is 812 g/mol. The van der Waals surface area contributed by atoms with Gasteiger partial charge in [-0.15, -0.1) is 0 Å². The molecule has 0 aromatic heterocycles. The summed E-state index contributed by atoms with van der Waals surface area (Å²) >= 11 is 0. The summed E-state index contributed by atoms with van der Waals surface area (Å²) in [6, 6.07) is 15.7. The normalized spacial score (nSPS) is 32.8. The molecule has 8 N–H and O–H groups in total. The minimum absolute atomic E-state index is 0.163. The van der Waals surface area contributed by atoms with E-state index in [0.717, 1.165) is 0 Å². The summed E-state index contributed by atoms with van der Waals surface area (Å²) in [6.45, 7) is -1.64. The summed E-state index contributed by atoms with van der Waals surface area (Å²) in [4.78, 5) is 14.9. The molecule has 0 aliphatic carbocycles. The number of aliphatic hydroxyl groups is 8.